The topological polar surface area (TPSA) is 163 Å². The number of thiophene rings is 1. The summed E-state index contributed by atoms with van der Waals surface area (Å²) in [5.74, 6) is 5.93. The number of hydrogen-bond acceptors (Lipinski definition) is 11. The van der Waals surface area contributed by atoms with Gasteiger partial charge < -0.3 is 19.9 Å². The van der Waals surface area contributed by atoms with E-state index >= 15 is 0 Å². The Hall–Kier alpha value is -5.43. The quantitative estimate of drug-likeness (QED) is 0.103. The van der Waals surface area contributed by atoms with Crippen molar-refractivity contribution in [3.63, 3.8) is 0 Å². The summed E-state index contributed by atoms with van der Waals surface area (Å²) in [5.41, 5.74) is 1.14. The first kappa shape index (κ1) is 32.5. The van der Waals surface area contributed by atoms with E-state index in [2.05, 4.69) is 36.9 Å². The molecule has 15 heteroatoms. The zero-order valence-corrected chi connectivity index (χ0v) is 27.4. The molecule has 1 amide bonds. The highest BCUT2D eigenvalue weighted by Gasteiger charge is 2.26. The van der Waals surface area contributed by atoms with Crippen LogP contribution in [0.1, 0.15) is 22.2 Å². The highest BCUT2D eigenvalue weighted by molar-refractivity contribution is 7.90. The molecule has 3 aromatic heterocycles. The number of aromatic nitrogens is 2. The summed E-state index contributed by atoms with van der Waals surface area (Å²) in [7, 11) is -4.50. The molecule has 6 rings (SSSR count). The van der Waals surface area contributed by atoms with Crippen molar-refractivity contribution in [1.29, 1.82) is 0 Å². The fourth-order valence-electron chi connectivity index (χ4n) is 5.24. The van der Waals surface area contributed by atoms with Crippen LogP contribution < -0.4 is 19.7 Å². The molecular weight excluding hydrogens is 655 g/mol. The molecule has 0 unspecified atom stereocenters. The molecule has 1 aliphatic heterocycles. The molecule has 13 nitrogen and oxygen atoms in total. The minimum Gasteiger partial charge on any atom is -0.455 e. The van der Waals surface area contributed by atoms with E-state index in [0.717, 1.165) is 35.1 Å². The second kappa shape index (κ2) is 14.1. The number of nitrogens with one attached hydrogen (secondary N) is 3. The lowest BCUT2D eigenvalue weighted by Crippen LogP contribution is -2.46. The summed E-state index contributed by atoms with van der Waals surface area (Å²) in [5, 5.41) is 17.2. The molecular formula is C33H31N7O6S2. The van der Waals surface area contributed by atoms with Crippen molar-refractivity contribution in [3.05, 3.63) is 99.0 Å². The Morgan fingerprint density at radius 1 is 1.12 bits per heavy atom. The van der Waals surface area contributed by atoms with Crippen LogP contribution in [0.2, 0.25) is 0 Å². The van der Waals surface area contributed by atoms with E-state index in [1.807, 2.05) is 28.3 Å². The van der Waals surface area contributed by atoms with Gasteiger partial charge in [-0.1, -0.05) is 17.9 Å². The fraction of sp³-hybridized carbons (Fsp3) is 0.212. The van der Waals surface area contributed by atoms with Crippen LogP contribution in [0, 0.1) is 22.0 Å². The van der Waals surface area contributed by atoms with Gasteiger partial charge in [-0.2, -0.15) is 0 Å². The van der Waals surface area contributed by atoms with Gasteiger partial charge in [0.15, 0.2) is 0 Å². The normalized spacial score (nSPS) is 13.5. The van der Waals surface area contributed by atoms with Crippen molar-refractivity contribution in [2.45, 2.75) is 11.8 Å². The Labute approximate surface area is 280 Å². The molecule has 3 N–H and O–H groups in total. The van der Waals surface area contributed by atoms with E-state index in [9.17, 15) is 23.3 Å². The first-order valence-corrected chi connectivity index (χ1v) is 17.4. The lowest BCUT2D eigenvalue weighted by atomic mass is 10.1. The maximum Gasteiger partial charge on any atom is 0.293 e. The number of benzene rings is 2. The van der Waals surface area contributed by atoms with Gasteiger partial charge in [-0.15, -0.1) is 11.3 Å². The zero-order chi connectivity index (χ0) is 33.7. The molecule has 1 fully saturated rings. The number of carbonyl (C=O) groups is 1. The third-order valence-electron chi connectivity index (χ3n) is 7.66. The predicted molar refractivity (Wildman–Crippen MR) is 184 cm³/mol. The van der Waals surface area contributed by atoms with Crippen LogP contribution in [0.5, 0.6) is 11.5 Å². The Morgan fingerprint density at radius 2 is 1.96 bits per heavy atom. The largest absolute Gasteiger partial charge is 0.455 e. The number of carbonyl (C=O) groups excluding carboxylic acids is 1. The van der Waals surface area contributed by atoms with E-state index in [1.165, 1.54) is 24.4 Å². The number of pyridine rings is 1. The first-order valence-electron chi connectivity index (χ1n) is 15.0. The average Bonchev–Trinajstić information content (AvgIpc) is 3.77. The second-order valence-electron chi connectivity index (χ2n) is 10.8. The third-order valence-corrected chi connectivity index (χ3v) is 9.77. The Morgan fingerprint density at radius 3 is 2.71 bits per heavy atom. The number of nitro benzene ring substituents is 1. The monoisotopic (exact) mass is 685 g/mol. The van der Waals surface area contributed by atoms with Crippen LogP contribution in [-0.4, -0.2) is 73.4 Å². The summed E-state index contributed by atoms with van der Waals surface area (Å²) in [6.45, 7) is 5.79. The number of ether oxygens (including phenoxy) is 1. The fourth-order valence-corrected chi connectivity index (χ4v) is 6.82. The number of fused-ring (bicyclic) bond motifs is 1. The van der Waals surface area contributed by atoms with E-state index in [4.69, 9.17) is 4.74 Å². The summed E-state index contributed by atoms with van der Waals surface area (Å²) >= 11 is 1.61. The maximum atomic E-state index is 13.6. The van der Waals surface area contributed by atoms with E-state index in [1.54, 1.807) is 42.7 Å². The van der Waals surface area contributed by atoms with Crippen LogP contribution in [0.3, 0.4) is 0 Å². The summed E-state index contributed by atoms with van der Waals surface area (Å²) < 4.78 is 34.8. The van der Waals surface area contributed by atoms with Gasteiger partial charge in [-0.05, 0) is 54.8 Å². The molecule has 246 valence electrons. The third kappa shape index (κ3) is 7.41. The smallest absolute Gasteiger partial charge is 0.293 e. The van der Waals surface area contributed by atoms with Crippen LogP contribution >= 0.6 is 11.3 Å². The number of H-pyrrole nitrogens is 1. The van der Waals surface area contributed by atoms with Gasteiger partial charge in [-0.25, -0.2) is 18.1 Å². The molecule has 4 heterocycles. The Bertz CT molecular complexity index is 2130. The van der Waals surface area contributed by atoms with Crippen LogP contribution in [0.4, 0.5) is 17.1 Å². The van der Waals surface area contributed by atoms with Gasteiger partial charge in [0.1, 0.15) is 22.8 Å². The van der Waals surface area contributed by atoms with Crippen molar-refractivity contribution in [3.8, 4) is 23.3 Å². The van der Waals surface area contributed by atoms with E-state index < -0.39 is 31.4 Å². The summed E-state index contributed by atoms with van der Waals surface area (Å²) in [6, 6.07) is 15.9. The number of anilines is 2. The molecule has 1 saturated heterocycles. The molecule has 0 radical (unpaired) electrons. The van der Waals surface area contributed by atoms with Gasteiger partial charge in [0.2, 0.25) is 0 Å². The molecule has 0 saturated carbocycles. The lowest BCUT2D eigenvalue weighted by Gasteiger charge is -2.35. The van der Waals surface area contributed by atoms with E-state index in [-0.39, 0.29) is 17.0 Å². The van der Waals surface area contributed by atoms with Gasteiger partial charge in [0, 0.05) is 62.1 Å². The average molecular weight is 686 g/mol. The van der Waals surface area contributed by atoms with Crippen molar-refractivity contribution >= 4 is 55.4 Å². The van der Waals surface area contributed by atoms with E-state index in [0.29, 0.717) is 37.6 Å². The van der Waals surface area contributed by atoms with Crippen molar-refractivity contribution in [1.82, 2.24) is 19.6 Å². The number of nitro groups is 1. The number of aromatic amines is 1. The molecule has 2 aromatic carbocycles. The van der Waals surface area contributed by atoms with Crippen LogP contribution in [-0.2, 0) is 10.0 Å². The number of hydrogen-bond donors (Lipinski definition) is 3. The second-order valence-corrected chi connectivity index (χ2v) is 13.4. The minimum atomic E-state index is -4.50. The molecule has 0 atom stereocenters. The summed E-state index contributed by atoms with van der Waals surface area (Å²) in [4.78, 5) is 36.9. The number of piperazine rings is 1. The number of rotatable bonds is 10. The molecule has 48 heavy (non-hydrogen) atoms. The Balaban J connectivity index is 1.24. The van der Waals surface area contributed by atoms with Gasteiger partial charge in [0.25, 0.3) is 21.6 Å². The van der Waals surface area contributed by atoms with Crippen LogP contribution in [0.25, 0.3) is 11.0 Å². The first-order chi connectivity index (χ1) is 23.2. The maximum absolute atomic E-state index is 13.6. The van der Waals surface area contributed by atoms with Crippen molar-refractivity contribution in [2.24, 2.45) is 0 Å². The van der Waals surface area contributed by atoms with Crippen molar-refractivity contribution < 1.29 is 22.9 Å². The summed E-state index contributed by atoms with van der Waals surface area (Å²) in [6.07, 6.45) is 3.25. The minimum absolute atomic E-state index is 0.0438. The van der Waals surface area contributed by atoms with Crippen LogP contribution in [0.15, 0.2) is 83.3 Å². The standard InChI is InChI=1S/C33H31N7O6S2/c1-2-34-29-10-8-27(21-30(29)40(42)43)48(44,45)37-33(41)28-9-7-24(20-31(28)46-25-19-23-11-12-35-32(23)36-22-25)39-16-14-38(15-17-39)13-3-5-26-6-4-18-47-26/h4,6-12,18-22,34H,2,13-17H2,1H3,(H,35,36)(H,37,41). The highest BCUT2D eigenvalue weighted by Crippen LogP contribution is 2.33. The number of amides is 1. The van der Waals surface area contributed by atoms with Gasteiger partial charge >= 0.3 is 0 Å². The predicted octanol–water partition coefficient (Wildman–Crippen LogP) is 5.05. The van der Waals surface area contributed by atoms with Gasteiger partial charge in [-0.3, -0.25) is 19.8 Å². The molecule has 5 aromatic rings. The molecule has 0 aliphatic carbocycles. The van der Waals surface area contributed by atoms with Crippen molar-refractivity contribution in [2.75, 3.05) is 49.5 Å². The molecule has 0 spiro atoms. The lowest BCUT2D eigenvalue weighted by molar-refractivity contribution is -0.384. The molecule has 1 aliphatic rings. The van der Waals surface area contributed by atoms with Gasteiger partial charge in [0.05, 0.1) is 33.0 Å². The highest BCUT2D eigenvalue weighted by atomic mass is 32.2. The number of nitrogens with zero attached hydrogens (tertiary/aromatic N) is 4. The SMILES string of the molecule is CCNc1ccc(S(=O)(=O)NC(=O)c2ccc(N3CCN(CC#Cc4cccs4)CC3)cc2Oc2cnc3[nH]ccc3c2)cc1[N+](=O)[O-]. The zero-order valence-electron chi connectivity index (χ0n) is 25.8. The molecule has 0 bridgehead atoms. The Kier molecular flexibility index (Phi) is 9.57. The number of sulfonamides is 1.